The van der Waals surface area contributed by atoms with E-state index >= 15 is 0 Å². The van der Waals surface area contributed by atoms with E-state index in [-0.39, 0.29) is 29.5 Å². The zero-order valence-electron chi connectivity index (χ0n) is 10.7. The molecule has 0 fully saturated rings. The predicted molar refractivity (Wildman–Crippen MR) is 74.4 cm³/mol. The first-order valence-corrected chi connectivity index (χ1v) is 6.97. The smallest absolute Gasteiger partial charge is 0.269 e. The van der Waals surface area contributed by atoms with Crippen molar-refractivity contribution in [3.8, 4) is 0 Å². The highest BCUT2D eigenvalue weighted by Gasteiger charge is 2.18. The van der Waals surface area contributed by atoms with Gasteiger partial charge < -0.3 is 10.4 Å². The minimum Gasteiger partial charge on any atom is -0.395 e. The van der Waals surface area contributed by atoms with Crippen molar-refractivity contribution in [2.75, 3.05) is 12.9 Å². The van der Waals surface area contributed by atoms with E-state index in [9.17, 15) is 14.9 Å². The summed E-state index contributed by atoms with van der Waals surface area (Å²) in [4.78, 5) is 21.9. The van der Waals surface area contributed by atoms with Crippen LogP contribution in [-0.4, -0.2) is 40.1 Å². The zero-order valence-corrected chi connectivity index (χ0v) is 11.5. The van der Waals surface area contributed by atoms with E-state index in [2.05, 4.69) is 5.32 Å². The number of hydrogen-bond donors (Lipinski definition) is 2. The van der Waals surface area contributed by atoms with Crippen LogP contribution in [0, 0.1) is 10.1 Å². The van der Waals surface area contributed by atoms with E-state index in [0.29, 0.717) is 5.56 Å². The monoisotopic (exact) mass is 284 g/mol. The minimum absolute atomic E-state index is 0.0249. The molecular formula is C12H16N2O4S. The highest BCUT2D eigenvalue weighted by molar-refractivity contribution is 7.99. The third-order valence-electron chi connectivity index (χ3n) is 2.74. The number of carbonyl (C=O) groups excluding carboxylic acids is 1. The first-order valence-electron chi connectivity index (χ1n) is 5.68. The van der Waals surface area contributed by atoms with E-state index in [4.69, 9.17) is 5.11 Å². The van der Waals surface area contributed by atoms with Gasteiger partial charge >= 0.3 is 0 Å². The van der Waals surface area contributed by atoms with Crippen LogP contribution >= 0.6 is 11.8 Å². The number of amides is 1. The number of hydrogen-bond acceptors (Lipinski definition) is 5. The molecule has 7 heteroatoms. The molecule has 0 aliphatic rings. The first-order chi connectivity index (χ1) is 8.99. The maximum Gasteiger partial charge on any atom is 0.269 e. The van der Waals surface area contributed by atoms with Gasteiger partial charge in [0, 0.05) is 29.0 Å². The van der Waals surface area contributed by atoms with Gasteiger partial charge in [-0.25, -0.2) is 0 Å². The van der Waals surface area contributed by atoms with Crippen LogP contribution in [0.5, 0.6) is 0 Å². The summed E-state index contributed by atoms with van der Waals surface area (Å²) < 4.78 is 0. The molecule has 1 aromatic carbocycles. The van der Waals surface area contributed by atoms with Crippen molar-refractivity contribution in [1.29, 1.82) is 0 Å². The molecular weight excluding hydrogens is 268 g/mol. The molecule has 1 rings (SSSR count). The van der Waals surface area contributed by atoms with E-state index in [0.717, 1.165) is 0 Å². The van der Waals surface area contributed by atoms with Crippen LogP contribution in [0.3, 0.4) is 0 Å². The number of nitro benzene ring substituents is 1. The van der Waals surface area contributed by atoms with Crippen LogP contribution in [0.25, 0.3) is 0 Å². The topological polar surface area (TPSA) is 92.5 Å². The number of nitrogens with one attached hydrogen (secondary N) is 1. The largest absolute Gasteiger partial charge is 0.395 e. The number of thioether (sulfide) groups is 1. The van der Waals surface area contributed by atoms with E-state index in [1.807, 2.05) is 6.26 Å². The molecule has 0 bridgehead atoms. The normalized spacial score (nSPS) is 13.6. The van der Waals surface area contributed by atoms with E-state index in [1.165, 1.54) is 36.0 Å². The molecule has 0 aliphatic carbocycles. The number of benzene rings is 1. The van der Waals surface area contributed by atoms with Crippen molar-refractivity contribution in [1.82, 2.24) is 5.32 Å². The number of nitrogens with zero attached hydrogens (tertiary/aromatic N) is 1. The van der Waals surface area contributed by atoms with Gasteiger partial charge in [0.15, 0.2) is 0 Å². The lowest BCUT2D eigenvalue weighted by Gasteiger charge is -2.21. The Hall–Kier alpha value is -1.60. The molecule has 0 radical (unpaired) electrons. The fourth-order valence-corrected chi connectivity index (χ4v) is 2.18. The van der Waals surface area contributed by atoms with Crippen LogP contribution in [0.1, 0.15) is 17.3 Å². The molecule has 19 heavy (non-hydrogen) atoms. The summed E-state index contributed by atoms with van der Waals surface area (Å²) in [6, 6.07) is 5.21. The van der Waals surface area contributed by atoms with Crippen LogP contribution in [0.15, 0.2) is 24.3 Å². The molecule has 1 aromatic rings. The maximum atomic E-state index is 11.9. The van der Waals surface area contributed by atoms with E-state index < -0.39 is 4.92 Å². The molecule has 2 unspecified atom stereocenters. The summed E-state index contributed by atoms with van der Waals surface area (Å²) in [5, 5.41) is 22.3. The second kappa shape index (κ2) is 7.10. The molecule has 0 saturated heterocycles. The van der Waals surface area contributed by atoms with Gasteiger partial charge in [0.05, 0.1) is 11.5 Å². The Labute approximate surface area is 115 Å². The van der Waals surface area contributed by atoms with Crippen molar-refractivity contribution >= 4 is 23.4 Å². The van der Waals surface area contributed by atoms with Crippen LogP contribution in [0.2, 0.25) is 0 Å². The molecule has 6 nitrogen and oxygen atoms in total. The van der Waals surface area contributed by atoms with Crippen LogP contribution in [-0.2, 0) is 0 Å². The first kappa shape index (κ1) is 15.5. The zero-order chi connectivity index (χ0) is 14.4. The maximum absolute atomic E-state index is 11.9. The van der Waals surface area contributed by atoms with Crippen molar-refractivity contribution in [3.63, 3.8) is 0 Å². The SMILES string of the molecule is CSC(CO)C(C)NC(=O)c1ccc([N+](=O)[O-])cc1. The summed E-state index contributed by atoms with van der Waals surface area (Å²) in [5.41, 5.74) is 0.303. The Kier molecular flexibility index (Phi) is 5.78. The van der Waals surface area contributed by atoms with Gasteiger partial charge in [0.1, 0.15) is 0 Å². The molecule has 104 valence electrons. The summed E-state index contributed by atoms with van der Waals surface area (Å²) >= 11 is 1.47. The van der Waals surface area contributed by atoms with Gasteiger partial charge in [-0.1, -0.05) is 0 Å². The fourth-order valence-electron chi connectivity index (χ4n) is 1.55. The van der Waals surface area contributed by atoms with Gasteiger partial charge in [-0.3, -0.25) is 14.9 Å². The quantitative estimate of drug-likeness (QED) is 0.609. The highest BCUT2D eigenvalue weighted by Crippen LogP contribution is 2.14. The molecule has 2 atom stereocenters. The fraction of sp³-hybridized carbons (Fsp3) is 0.417. The Morgan fingerprint density at radius 1 is 1.47 bits per heavy atom. The highest BCUT2D eigenvalue weighted by atomic mass is 32.2. The second-order valence-corrected chi connectivity index (χ2v) is 5.10. The Balaban J connectivity index is 2.70. The minimum atomic E-state index is -0.514. The lowest BCUT2D eigenvalue weighted by Crippen LogP contribution is -2.41. The molecule has 0 saturated carbocycles. The van der Waals surface area contributed by atoms with Crippen LogP contribution in [0.4, 0.5) is 5.69 Å². The average molecular weight is 284 g/mol. The Bertz CT molecular complexity index is 446. The number of nitro groups is 1. The van der Waals surface area contributed by atoms with Crippen molar-refractivity contribution in [3.05, 3.63) is 39.9 Å². The van der Waals surface area contributed by atoms with Crippen LogP contribution < -0.4 is 5.32 Å². The Morgan fingerprint density at radius 3 is 2.47 bits per heavy atom. The summed E-state index contributed by atoms with van der Waals surface area (Å²) in [5.74, 6) is -0.310. The second-order valence-electron chi connectivity index (χ2n) is 4.02. The summed E-state index contributed by atoms with van der Waals surface area (Å²) in [6.07, 6.45) is 1.86. The standard InChI is InChI=1S/C12H16N2O4S/c1-8(11(7-15)19-2)13-12(16)9-3-5-10(6-4-9)14(17)18/h3-6,8,11,15H,7H2,1-2H3,(H,13,16). The lowest BCUT2D eigenvalue weighted by molar-refractivity contribution is -0.384. The van der Waals surface area contributed by atoms with Gasteiger partial charge in [-0.15, -0.1) is 0 Å². The molecule has 2 N–H and O–H groups in total. The predicted octanol–water partition coefficient (Wildman–Crippen LogP) is 1.44. The van der Waals surface area contributed by atoms with Gasteiger partial charge in [0.25, 0.3) is 11.6 Å². The number of aliphatic hydroxyl groups excluding tert-OH is 1. The molecule has 0 heterocycles. The van der Waals surface area contributed by atoms with Crippen molar-refractivity contribution in [2.45, 2.75) is 18.2 Å². The number of carbonyl (C=O) groups is 1. The molecule has 1 amide bonds. The van der Waals surface area contributed by atoms with Crippen molar-refractivity contribution < 1.29 is 14.8 Å². The van der Waals surface area contributed by atoms with Gasteiger partial charge in [0.2, 0.25) is 0 Å². The summed E-state index contributed by atoms with van der Waals surface area (Å²) in [6.45, 7) is 1.78. The Morgan fingerprint density at radius 2 is 2.05 bits per heavy atom. The molecule has 0 spiro atoms. The van der Waals surface area contributed by atoms with Crippen molar-refractivity contribution in [2.24, 2.45) is 0 Å². The van der Waals surface area contributed by atoms with Gasteiger partial charge in [-0.05, 0) is 25.3 Å². The third-order valence-corrected chi connectivity index (χ3v) is 3.90. The third kappa shape index (κ3) is 4.22. The number of rotatable bonds is 6. The van der Waals surface area contributed by atoms with E-state index in [1.54, 1.807) is 6.92 Å². The average Bonchev–Trinajstić information content (AvgIpc) is 2.40. The molecule has 0 aliphatic heterocycles. The van der Waals surface area contributed by atoms with Gasteiger partial charge in [-0.2, -0.15) is 11.8 Å². The number of non-ortho nitro benzene ring substituents is 1. The molecule has 0 aromatic heterocycles. The number of aliphatic hydroxyl groups is 1. The lowest BCUT2D eigenvalue weighted by atomic mass is 10.1. The summed E-state index contributed by atoms with van der Waals surface area (Å²) in [7, 11) is 0.